The molecule has 0 spiro atoms. The SMILES string of the molecule is Cc1ccnc2c1C1CCC(CC1)OC[C@H]1[C@@H](NS(=O)(=O)C3COC3)CCN1C(=O)CO2. The number of fused-ring (bicyclic) bond motifs is 5. The Labute approximate surface area is 188 Å². The molecule has 2 bridgehead atoms. The van der Waals surface area contributed by atoms with Gasteiger partial charge in [0.2, 0.25) is 15.9 Å². The monoisotopic (exact) mass is 465 g/mol. The average molecular weight is 466 g/mol. The van der Waals surface area contributed by atoms with Crippen LogP contribution >= 0.6 is 0 Å². The van der Waals surface area contributed by atoms with Crippen molar-refractivity contribution in [3.63, 3.8) is 0 Å². The number of ether oxygens (including phenoxy) is 3. The van der Waals surface area contributed by atoms with Gasteiger partial charge in [-0.25, -0.2) is 18.1 Å². The number of carbonyl (C=O) groups is 1. The van der Waals surface area contributed by atoms with Gasteiger partial charge in [0.05, 0.1) is 32.0 Å². The van der Waals surface area contributed by atoms with Crippen molar-refractivity contribution in [3.05, 3.63) is 23.4 Å². The first-order valence-corrected chi connectivity index (χ1v) is 13.1. The van der Waals surface area contributed by atoms with E-state index >= 15 is 0 Å². The molecule has 176 valence electrons. The highest BCUT2D eigenvalue weighted by Crippen LogP contribution is 2.39. The number of nitrogens with zero attached hydrogens (tertiary/aromatic N) is 2. The van der Waals surface area contributed by atoms with E-state index in [1.165, 1.54) is 0 Å². The van der Waals surface area contributed by atoms with E-state index in [2.05, 4.69) is 16.6 Å². The summed E-state index contributed by atoms with van der Waals surface area (Å²) in [5.74, 6) is 0.714. The molecule has 1 N–H and O–H groups in total. The summed E-state index contributed by atoms with van der Waals surface area (Å²) in [6.45, 7) is 3.16. The van der Waals surface area contributed by atoms with Gasteiger partial charge in [-0.1, -0.05) is 0 Å². The van der Waals surface area contributed by atoms with Crippen molar-refractivity contribution in [2.75, 3.05) is 33.0 Å². The highest BCUT2D eigenvalue weighted by molar-refractivity contribution is 7.90. The lowest BCUT2D eigenvalue weighted by atomic mass is 9.81. The van der Waals surface area contributed by atoms with Crippen LogP contribution in [-0.2, 0) is 24.3 Å². The summed E-state index contributed by atoms with van der Waals surface area (Å²) >= 11 is 0. The molecule has 4 aliphatic heterocycles. The number of amides is 1. The normalized spacial score (nSPS) is 31.5. The molecule has 0 unspecified atom stereocenters. The largest absolute Gasteiger partial charge is 0.467 e. The summed E-state index contributed by atoms with van der Waals surface area (Å²) in [5, 5.41) is -0.521. The molecular weight excluding hydrogens is 434 g/mol. The van der Waals surface area contributed by atoms with Gasteiger partial charge < -0.3 is 19.1 Å². The van der Waals surface area contributed by atoms with E-state index in [1.807, 2.05) is 6.07 Å². The molecule has 9 nitrogen and oxygen atoms in total. The summed E-state index contributed by atoms with van der Waals surface area (Å²) in [6, 6.07) is 1.26. The first kappa shape index (κ1) is 22.1. The van der Waals surface area contributed by atoms with Crippen LogP contribution in [0.1, 0.15) is 49.1 Å². The fraction of sp³-hybridized carbons (Fsp3) is 0.727. The Kier molecular flexibility index (Phi) is 6.13. The van der Waals surface area contributed by atoms with Crippen LogP contribution in [0.2, 0.25) is 0 Å². The maximum absolute atomic E-state index is 13.1. The molecule has 5 heterocycles. The van der Waals surface area contributed by atoms with E-state index in [9.17, 15) is 13.2 Å². The minimum absolute atomic E-state index is 0.114. The fourth-order valence-corrected chi connectivity index (χ4v) is 6.77. The van der Waals surface area contributed by atoms with Crippen LogP contribution < -0.4 is 9.46 Å². The second kappa shape index (κ2) is 8.89. The molecule has 5 aliphatic rings. The third-order valence-corrected chi connectivity index (χ3v) is 9.10. The fourth-order valence-electron chi connectivity index (χ4n) is 5.33. The average Bonchev–Trinajstić information content (AvgIpc) is 3.11. The predicted octanol–water partition coefficient (Wildman–Crippen LogP) is 1.11. The second-order valence-corrected chi connectivity index (χ2v) is 11.3. The van der Waals surface area contributed by atoms with E-state index < -0.39 is 15.3 Å². The van der Waals surface area contributed by atoms with Gasteiger partial charge >= 0.3 is 0 Å². The Morgan fingerprint density at radius 1 is 1.12 bits per heavy atom. The third kappa shape index (κ3) is 4.25. The van der Waals surface area contributed by atoms with E-state index in [1.54, 1.807) is 11.1 Å². The number of rotatable bonds is 3. The molecule has 0 radical (unpaired) electrons. The molecule has 1 amide bonds. The number of aromatic nitrogens is 1. The van der Waals surface area contributed by atoms with Crippen molar-refractivity contribution in [2.24, 2.45) is 0 Å². The molecule has 0 aromatic carbocycles. The molecule has 2 atom stereocenters. The first-order valence-electron chi connectivity index (χ1n) is 11.5. The summed E-state index contributed by atoms with van der Waals surface area (Å²) in [6.07, 6.45) is 6.19. The Bertz CT molecular complexity index is 958. The van der Waals surface area contributed by atoms with Gasteiger partial charge in [0, 0.05) is 24.3 Å². The van der Waals surface area contributed by atoms with Crippen LogP contribution in [0.25, 0.3) is 0 Å². The quantitative estimate of drug-likeness (QED) is 0.713. The number of carbonyl (C=O) groups excluding carboxylic acids is 1. The number of hydrogen-bond donors (Lipinski definition) is 1. The van der Waals surface area contributed by atoms with Gasteiger partial charge in [0.25, 0.3) is 5.91 Å². The van der Waals surface area contributed by atoms with Crippen molar-refractivity contribution in [3.8, 4) is 5.88 Å². The highest BCUT2D eigenvalue weighted by Gasteiger charge is 2.43. The van der Waals surface area contributed by atoms with E-state index in [0.717, 1.165) is 36.8 Å². The number of nitrogens with one attached hydrogen (secondary N) is 1. The maximum atomic E-state index is 13.1. The van der Waals surface area contributed by atoms with Crippen LogP contribution in [0.4, 0.5) is 0 Å². The molecule has 32 heavy (non-hydrogen) atoms. The van der Waals surface area contributed by atoms with Crippen LogP contribution in [0, 0.1) is 6.92 Å². The molecule has 1 saturated carbocycles. The number of aryl methyl sites for hydroxylation is 1. The molecular formula is C22H31N3O6S. The summed E-state index contributed by atoms with van der Waals surface area (Å²) < 4.78 is 45.4. The Morgan fingerprint density at radius 2 is 1.91 bits per heavy atom. The van der Waals surface area contributed by atoms with Crippen molar-refractivity contribution in [1.82, 2.24) is 14.6 Å². The Morgan fingerprint density at radius 3 is 2.62 bits per heavy atom. The summed E-state index contributed by atoms with van der Waals surface area (Å²) in [4.78, 5) is 19.3. The summed E-state index contributed by atoms with van der Waals surface area (Å²) in [7, 11) is -3.50. The smallest absolute Gasteiger partial charge is 0.260 e. The van der Waals surface area contributed by atoms with Gasteiger partial charge in [0.1, 0.15) is 5.25 Å². The first-order chi connectivity index (χ1) is 15.4. The van der Waals surface area contributed by atoms with Crippen molar-refractivity contribution in [1.29, 1.82) is 0 Å². The molecule has 1 aromatic heterocycles. The number of pyridine rings is 1. The maximum Gasteiger partial charge on any atom is 0.260 e. The molecule has 1 aliphatic carbocycles. The third-order valence-electron chi connectivity index (χ3n) is 7.32. The topological polar surface area (TPSA) is 107 Å². The zero-order chi connectivity index (χ0) is 22.3. The van der Waals surface area contributed by atoms with Crippen molar-refractivity contribution < 1.29 is 27.4 Å². The van der Waals surface area contributed by atoms with Crippen LogP contribution in [0.5, 0.6) is 5.88 Å². The van der Waals surface area contributed by atoms with E-state index in [0.29, 0.717) is 31.4 Å². The Balaban J connectivity index is 1.38. The molecule has 6 rings (SSSR count). The molecule has 2 saturated heterocycles. The van der Waals surface area contributed by atoms with Gasteiger partial charge in [-0.05, 0) is 56.6 Å². The number of hydrogen-bond acceptors (Lipinski definition) is 7. The zero-order valence-electron chi connectivity index (χ0n) is 18.4. The lowest BCUT2D eigenvalue weighted by molar-refractivity contribution is -0.136. The molecule has 10 heteroatoms. The molecule has 3 fully saturated rings. The second-order valence-electron chi connectivity index (χ2n) is 9.31. The van der Waals surface area contributed by atoms with Crippen molar-refractivity contribution >= 4 is 15.9 Å². The lowest BCUT2D eigenvalue weighted by Crippen LogP contribution is -2.54. The van der Waals surface area contributed by atoms with Crippen molar-refractivity contribution in [2.45, 2.75) is 68.4 Å². The predicted molar refractivity (Wildman–Crippen MR) is 116 cm³/mol. The Hall–Kier alpha value is -1.75. The van der Waals surface area contributed by atoms with Crippen LogP contribution in [0.15, 0.2) is 12.3 Å². The van der Waals surface area contributed by atoms with Gasteiger partial charge in [0.15, 0.2) is 6.61 Å². The summed E-state index contributed by atoms with van der Waals surface area (Å²) in [5.41, 5.74) is 2.24. The van der Waals surface area contributed by atoms with E-state index in [-0.39, 0.29) is 43.9 Å². The standard InChI is InChI=1S/C22H31N3O6S/c1-14-6-8-23-22-21(14)15-2-4-16(5-3-15)30-12-19-18(7-9-25(19)20(26)13-31-22)24-32(27,28)17-10-29-11-17/h6,8,15-19,24H,2-5,7,9-13H2,1H3/t15?,16?,18-,19-/m0/s1. The number of sulfonamides is 1. The van der Waals surface area contributed by atoms with Gasteiger partial charge in [-0.2, -0.15) is 0 Å². The lowest BCUT2D eigenvalue weighted by Gasteiger charge is -2.33. The van der Waals surface area contributed by atoms with Gasteiger partial charge in [-0.3, -0.25) is 4.79 Å². The molecule has 1 aromatic rings. The minimum atomic E-state index is -3.50. The van der Waals surface area contributed by atoms with Crippen LogP contribution in [-0.4, -0.2) is 80.6 Å². The van der Waals surface area contributed by atoms with E-state index in [4.69, 9.17) is 14.2 Å². The highest BCUT2D eigenvalue weighted by atomic mass is 32.2. The zero-order valence-corrected chi connectivity index (χ0v) is 19.2. The minimum Gasteiger partial charge on any atom is -0.467 e. The van der Waals surface area contributed by atoms with Crippen LogP contribution in [0.3, 0.4) is 0 Å². The van der Waals surface area contributed by atoms with Gasteiger partial charge in [-0.15, -0.1) is 0 Å².